The van der Waals surface area contributed by atoms with Gasteiger partial charge < -0.3 is 28.4 Å². The molecule has 0 spiro atoms. The van der Waals surface area contributed by atoms with E-state index in [0.29, 0.717) is 13.0 Å². The molecular formula is C35H38O9. The predicted octanol–water partition coefficient (Wildman–Crippen LogP) is 5.22. The Labute approximate surface area is 257 Å². The number of hydrogen-bond donors (Lipinski definition) is 0. The number of hydrogen-bond acceptors (Lipinski definition) is 9. The van der Waals surface area contributed by atoms with Gasteiger partial charge in [0.15, 0.2) is 6.10 Å². The van der Waals surface area contributed by atoms with Gasteiger partial charge in [0.25, 0.3) is 0 Å². The molecule has 1 fully saturated rings. The summed E-state index contributed by atoms with van der Waals surface area (Å²) in [6.45, 7) is 6.42. The third kappa shape index (κ3) is 7.96. The summed E-state index contributed by atoms with van der Waals surface area (Å²) >= 11 is 0. The smallest absolute Gasteiger partial charge is 0.303 e. The van der Waals surface area contributed by atoms with E-state index in [0.717, 1.165) is 40.2 Å². The highest BCUT2D eigenvalue weighted by Crippen LogP contribution is 2.37. The van der Waals surface area contributed by atoms with E-state index >= 15 is 0 Å². The molecule has 0 aliphatic carbocycles. The molecule has 0 N–H and O–H groups in total. The molecule has 44 heavy (non-hydrogen) atoms. The average molecular weight is 603 g/mol. The Morgan fingerprint density at radius 1 is 0.841 bits per heavy atom. The van der Waals surface area contributed by atoms with Crippen LogP contribution in [0.1, 0.15) is 61.1 Å². The molecule has 0 amide bonds. The third-order valence-electron chi connectivity index (χ3n) is 7.76. The van der Waals surface area contributed by atoms with Gasteiger partial charge in [0.2, 0.25) is 0 Å². The van der Waals surface area contributed by atoms with Crippen LogP contribution < -0.4 is 9.47 Å². The zero-order chi connectivity index (χ0) is 31.2. The Bertz CT molecular complexity index is 1460. The van der Waals surface area contributed by atoms with E-state index in [1.165, 1.54) is 26.3 Å². The largest absolute Gasteiger partial charge is 0.490 e. The molecular weight excluding hydrogens is 564 g/mol. The molecule has 232 valence electrons. The minimum Gasteiger partial charge on any atom is -0.490 e. The van der Waals surface area contributed by atoms with E-state index < -0.39 is 42.3 Å². The monoisotopic (exact) mass is 602 g/mol. The molecule has 5 atom stereocenters. The van der Waals surface area contributed by atoms with Crippen molar-refractivity contribution in [2.75, 3.05) is 13.2 Å². The first-order valence-corrected chi connectivity index (χ1v) is 14.8. The van der Waals surface area contributed by atoms with Crippen LogP contribution in [0.2, 0.25) is 0 Å². The molecule has 9 heteroatoms. The highest BCUT2D eigenvalue weighted by molar-refractivity contribution is 5.67. The van der Waals surface area contributed by atoms with Gasteiger partial charge in [-0.1, -0.05) is 48.5 Å². The Hall–Kier alpha value is -4.37. The van der Waals surface area contributed by atoms with Crippen molar-refractivity contribution in [3.63, 3.8) is 0 Å². The summed E-state index contributed by atoms with van der Waals surface area (Å²) in [5, 5.41) is 0. The number of carbonyl (C=O) groups is 3. The van der Waals surface area contributed by atoms with Gasteiger partial charge in [-0.2, -0.15) is 0 Å². The molecule has 5 rings (SSSR count). The Kier molecular flexibility index (Phi) is 9.85. The normalized spacial score (nSPS) is 22.3. The summed E-state index contributed by atoms with van der Waals surface area (Å²) in [6, 6.07) is 22.0. The Morgan fingerprint density at radius 3 is 2.30 bits per heavy atom. The highest BCUT2D eigenvalue weighted by atomic mass is 16.6. The fraction of sp³-hybridized carbons (Fsp3) is 0.400. The number of fused-ring (bicyclic) bond motifs is 1. The average Bonchev–Trinajstić information content (AvgIpc) is 3.40. The topological polar surface area (TPSA) is 107 Å². The van der Waals surface area contributed by atoms with Crippen LogP contribution in [0.25, 0.3) is 0 Å². The van der Waals surface area contributed by atoms with Gasteiger partial charge >= 0.3 is 17.9 Å². The standard InChI is InChI=1S/C35H38O9/c1-21-9-12-27(34-35(42-24(4)38)33(41-23(3)37)18-31(44-34)19-39-22(2)36)16-28(21)15-25-10-13-29(14-11-25)40-20-30-17-26-7-5-6-8-32(26)43-30/h5-14,16,30-31,33-35H,15,17-20H2,1-4H3/t30?,31-,33-,34-,35+/m0/s1. The van der Waals surface area contributed by atoms with Gasteiger partial charge in [-0.05, 0) is 59.4 Å². The minimum atomic E-state index is -0.867. The predicted molar refractivity (Wildman–Crippen MR) is 160 cm³/mol. The lowest BCUT2D eigenvalue weighted by atomic mass is 9.90. The maximum Gasteiger partial charge on any atom is 0.303 e. The van der Waals surface area contributed by atoms with E-state index in [1.807, 2.05) is 67.6 Å². The number of carbonyl (C=O) groups excluding carboxylic acids is 3. The van der Waals surface area contributed by atoms with Gasteiger partial charge in [-0.3, -0.25) is 14.4 Å². The second-order valence-corrected chi connectivity index (χ2v) is 11.3. The van der Waals surface area contributed by atoms with Crippen LogP contribution in [-0.2, 0) is 46.2 Å². The molecule has 2 heterocycles. The van der Waals surface area contributed by atoms with Gasteiger partial charge in [-0.25, -0.2) is 0 Å². The molecule has 1 saturated heterocycles. The SMILES string of the molecule is CC(=O)OC[C@@H]1C[C@H](OC(C)=O)[C@@H](OC(C)=O)[C@H](c2ccc(C)c(Cc3ccc(OCC4Cc5ccccc5O4)cc3)c2)O1. The zero-order valence-electron chi connectivity index (χ0n) is 25.4. The highest BCUT2D eigenvalue weighted by Gasteiger charge is 2.44. The molecule has 1 unspecified atom stereocenters. The van der Waals surface area contributed by atoms with Crippen molar-refractivity contribution >= 4 is 17.9 Å². The zero-order valence-corrected chi connectivity index (χ0v) is 25.4. The first kappa shape index (κ1) is 31.1. The summed E-state index contributed by atoms with van der Waals surface area (Å²) in [4.78, 5) is 35.5. The number of aryl methyl sites for hydroxylation is 1. The quantitative estimate of drug-likeness (QED) is 0.228. The molecule has 0 saturated carbocycles. The molecule has 3 aromatic carbocycles. The fourth-order valence-electron chi connectivity index (χ4n) is 5.69. The van der Waals surface area contributed by atoms with Gasteiger partial charge in [-0.15, -0.1) is 0 Å². The summed E-state index contributed by atoms with van der Waals surface area (Å²) < 4.78 is 34.7. The van der Waals surface area contributed by atoms with Crippen LogP contribution in [0.15, 0.2) is 66.7 Å². The minimum absolute atomic E-state index is 0.00987. The van der Waals surface area contributed by atoms with Crippen molar-refractivity contribution in [1.82, 2.24) is 0 Å². The van der Waals surface area contributed by atoms with E-state index in [2.05, 4.69) is 6.07 Å². The number of benzene rings is 3. The summed E-state index contributed by atoms with van der Waals surface area (Å²) in [7, 11) is 0. The Morgan fingerprint density at radius 2 is 1.59 bits per heavy atom. The number of rotatable bonds is 10. The molecule has 9 nitrogen and oxygen atoms in total. The molecule has 2 aliphatic heterocycles. The van der Waals surface area contributed by atoms with E-state index in [-0.39, 0.29) is 19.1 Å². The molecule has 3 aromatic rings. The Balaban J connectivity index is 1.29. The lowest BCUT2D eigenvalue weighted by Crippen LogP contribution is -2.49. The third-order valence-corrected chi connectivity index (χ3v) is 7.76. The van der Waals surface area contributed by atoms with Crippen molar-refractivity contribution in [2.45, 2.75) is 77.5 Å². The van der Waals surface area contributed by atoms with E-state index in [9.17, 15) is 14.4 Å². The van der Waals surface area contributed by atoms with Crippen molar-refractivity contribution in [1.29, 1.82) is 0 Å². The lowest BCUT2D eigenvalue weighted by Gasteiger charge is -2.40. The molecule has 0 bridgehead atoms. The number of para-hydroxylation sites is 1. The van der Waals surface area contributed by atoms with Crippen LogP contribution in [0, 0.1) is 6.92 Å². The summed E-state index contributed by atoms with van der Waals surface area (Å²) in [6.07, 6.45) is -1.24. The van der Waals surface area contributed by atoms with Crippen molar-refractivity contribution < 1.29 is 42.8 Å². The van der Waals surface area contributed by atoms with Crippen LogP contribution >= 0.6 is 0 Å². The van der Waals surface area contributed by atoms with Crippen molar-refractivity contribution in [3.05, 3.63) is 94.5 Å². The van der Waals surface area contributed by atoms with Crippen molar-refractivity contribution in [3.8, 4) is 11.5 Å². The van der Waals surface area contributed by atoms with E-state index in [4.69, 9.17) is 28.4 Å². The number of ether oxygens (including phenoxy) is 6. The van der Waals surface area contributed by atoms with Crippen LogP contribution in [0.5, 0.6) is 11.5 Å². The fourth-order valence-corrected chi connectivity index (χ4v) is 5.69. The van der Waals surface area contributed by atoms with Crippen LogP contribution in [0.3, 0.4) is 0 Å². The molecule has 0 aromatic heterocycles. The maximum atomic E-state index is 12.1. The second-order valence-electron chi connectivity index (χ2n) is 11.3. The lowest BCUT2D eigenvalue weighted by molar-refractivity contribution is -0.214. The summed E-state index contributed by atoms with van der Waals surface area (Å²) in [5.74, 6) is 0.236. The van der Waals surface area contributed by atoms with E-state index in [1.54, 1.807) is 0 Å². The molecule has 2 aliphatic rings. The van der Waals surface area contributed by atoms with Crippen LogP contribution in [0.4, 0.5) is 0 Å². The van der Waals surface area contributed by atoms with Gasteiger partial charge in [0.1, 0.15) is 43.0 Å². The van der Waals surface area contributed by atoms with Gasteiger partial charge in [0.05, 0.1) is 6.10 Å². The van der Waals surface area contributed by atoms with Gasteiger partial charge in [0, 0.05) is 33.6 Å². The first-order chi connectivity index (χ1) is 21.1. The van der Waals surface area contributed by atoms with Crippen LogP contribution in [-0.4, -0.2) is 55.5 Å². The molecule has 0 radical (unpaired) electrons. The second kappa shape index (κ2) is 13.9. The summed E-state index contributed by atoms with van der Waals surface area (Å²) in [5.41, 5.74) is 5.20. The number of esters is 3. The first-order valence-electron chi connectivity index (χ1n) is 14.8. The van der Waals surface area contributed by atoms with Crippen molar-refractivity contribution in [2.24, 2.45) is 0 Å². The maximum absolute atomic E-state index is 12.1.